The van der Waals surface area contributed by atoms with Crippen LogP contribution < -0.4 is 18.9 Å². The van der Waals surface area contributed by atoms with Gasteiger partial charge in [0, 0.05) is 18.1 Å². The molecule has 0 aliphatic carbocycles. The molecule has 0 radical (unpaired) electrons. The molecule has 0 fully saturated rings. The van der Waals surface area contributed by atoms with Crippen molar-refractivity contribution in [3.8, 4) is 28.7 Å². The molecule has 1 atom stereocenters. The molecule has 0 aliphatic heterocycles. The van der Waals surface area contributed by atoms with Crippen LogP contribution in [0.15, 0.2) is 43.0 Å². The lowest BCUT2D eigenvalue weighted by Gasteiger charge is -2.22. The fourth-order valence-electron chi connectivity index (χ4n) is 3.46. The first-order valence-electron chi connectivity index (χ1n) is 10.7. The number of carbonyl (C=O) groups excluding carboxylic acids is 1. The number of methoxy groups -OCH3 is 2. The van der Waals surface area contributed by atoms with Crippen LogP contribution in [0.1, 0.15) is 17.5 Å². The van der Waals surface area contributed by atoms with Crippen LogP contribution in [0, 0.1) is 0 Å². The molecule has 3 N–H and O–H groups in total. The standard InChI is InChI=1S/C23H28O12S2/c1-4-20(24)35-22-15(8-6-12-36(26,27)28)10-11-19(23(22)33-3)34-17(14-37(29,30)31)13-16-7-5-9-18(32-2)21(16)25/h4-5,7,9-11,17,25H,1,6,8,12-14H2,2-3H3,(H,26,27,28)(H,29,30,31). The van der Waals surface area contributed by atoms with Crippen molar-refractivity contribution in [1.29, 1.82) is 0 Å². The van der Waals surface area contributed by atoms with E-state index in [1.54, 1.807) is 6.07 Å². The highest BCUT2D eigenvalue weighted by Gasteiger charge is 2.26. The molecular formula is C23H28O12S2. The number of hydrogen-bond acceptors (Lipinski definition) is 10. The molecule has 2 rings (SSSR count). The van der Waals surface area contributed by atoms with Gasteiger partial charge in [-0.3, -0.25) is 9.11 Å². The highest BCUT2D eigenvalue weighted by atomic mass is 32.2. The molecule has 0 heterocycles. The van der Waals surface area contributed by atoms with Gasteiger partial charge in [-0.25, -0.2) is 4.79 Å². The molecule has 204 valence electrons. The molecule has 0 aliphatic rings. The summed E-state index contributed by atoms with van der Waals surface area (Å²) in [6, 6.07) is 7.43. The third-order valence-electron chi connectivity index (χ3n) is 5.02. The number of phenolic OH excluding ortho intramolecular Hbond substituents is 1. The average molecular weight is 561 g/mol. The summed E-state index contributed by atoms with van der Waals surface area (Å²) in [6.07, 6.45) is -0.481. The molecule has 1 unspecified atom stereocenters. The van der Waals surface area contributed by atoms with Gasteiger partial charge in [0.2, 0.25) is 5.75 Å². The second kappa shape index (κ2) is 12.8. The predicted octanol–water partition coefficient (Wildman–Crippen LogP) is 2.20. The average Bonchev–Trinajstić information content (AvgIpc) is 2.79. The van der Waals surface area contributed by atoms with Gasteiger partial charge in [0.05, 0.1) is 20.0 Å². The van der Waals surface area contributed by atoms with Gasteiger partial charge in [0.25, 0.3) is 20.2 Å². The van der Waals surface area contributed by atoms with Gasteiger partial charge in [0.1, 0.15) is 11.9 Å². The zero-order valence-corrected chi connectivity index (χ0v) is 21.7. The van der Waals surface area contributed by atoms with Crippen LogP contribution >= 0.6 is 0 Å². The maximum Gasteiger partial charge on any atom is 0.335 e. The van der Waals surface area contributed by atoms with Crippen molar-refractivity contribution >= 4 is 26.2 Å². The van der Waals surface area contributed by atoms with Gasteiger partial charge in [-0.1, -0.05) is 24.8 Å². The Kier molecular flexibility index (Phi) is 10.3. The van der Waals surface area contributed by atoms with Crippen molar-refractivity contribution in [2.75, 3.05) is 25.7 Å². The van der Waals surface area contributed by atoms with Crippen molar-refractivity contribution < 1.29 is 54.8 Å². The third kappa shape index (κ3) is 9.24. The molecule has 14 heteroatoms. The minimum atomic E-state index is -4.54. The van der Waals surface area contributed by atoms with E-state index in [2.05, 4.69) is 6.58 Å². The van der Waals surface area contributed by atoms with Gasteiger partial charge < -0.3 is 24.1 Å². The van der Waals surface area contributed by atoms with Crippen LogP contribution in [0.5, 0.6) is 28.7 Å². The zero-order chi connectivity index (χ0) is 27.8. The number of phenols is 1. The van der Waals surface area contributed by atoms with Gasteiger partial charge in [0.15, 0.2) is 23.0 Å². The first kappa shape index (κ1) is 29.9. The van der Waals surface area contributed by atoms with Crippen LogP contribution in [0.3, 0.4) is 0 Å². The van der Waals surface area contributed by atoms with Crippen LogP contribution in [0.25, 0.3) is 0 Å². The lowest BCUT2D eigenvalue weighted by molar-refractivity contribution is -0.129. The topological polar surface area (TPSA) is 183 Å². The van der Waals surface area contributed by atoms with Gasteiger partial charge >= 0.3 is 5.97 Å². The summed E-state index contributed by atoms with van der Waals surface area (Å²) >= 11 is 0. The van der Waals surface area contributed by atoms with E-state index >= 15 is 0 Å². The number of carbonyl (C=O) groups is 1. The smallest absolute Gasteiger partial charge is 0.335 e. The number of rotatable bonds is 14. The number of ether oxygens (including phenoxy) is 4. The second-order valence-electron chi connectivity index (χ2n) is 7.76. The summed E-state index contributed by atoms with van der Waals surface area (Å²) in [5, 5.41) is 10.4. The van der Waals surface area contributed by atoms with Crippen LogP contribution in [0.4, 0.5) is 0 Å². The molecule has 0 saturated carbocycles. The van der Waals surface area contributed by atoms with Gasteiger partial charge in [-0.2, -0.15) is 16.8 Å². The number of benzene rings is 2. The first-order chi connectivity index (χ1) is 17.3. The van der Waals surface area contributed by atoms with Crippen molar-refractivity contribution in [2.45, 2.75) is 25.4 Å². The Labute approximate surface area is 214 Å². The maximum absolute atomic E-state index is 12.0. The van der Waals surface area contributed by atoms with E-state index in [1.807, 2.05) is 0 Å². The SMILES string of the molecule is C=CC(=O)Oc1c(CCCS(=O)(=O)O)ccc(OC(Cc2cccc(OC)c2O)CS(=O)(=O)O)c1OC. The first-order valence-corrected chi connectivity index (χ1v) is 14.0. The minimum absolute atomic E-state index is 0.0126. The highest BCUT2D eigenvalue weighted by molar-refractivity contribution is 7.86. The number of esters is 1. The largest absolute Gasteiger partial charge is 0.504 e. The summed E-state index contributed by atoms with van der Waals surface area (Å²) in [5.41, 5.74) is 0.604. The summed E-state index contributed by atoms with van der Waals surface area (Å²) < 4.78 is 85.6. The van der Waals surface area contributed by atoms with E-state index in [9.17, 15) is 31.3 Å². The molecule has 2 aromatic carbocycles. The van der Waals surface area contributed by atoms with Crippen LogP contribution in [0.2, 0.25) is 0 Å². The minimum Gasteiger partial charge on any atom is -0.504 e. The monoisotopic (exact) mass is 560 g/mol. The molecule has 0 bridgehead atoms. The highest BCUT2D eigenvalue weighted by Crippen LogP contribution is 2.42. The Bertz CT molecular complexity index is 1330. The van der Waals surface area contributed by atoms with E-state index in [0.717, 1.165) is 6.08 Å². The lowest BCUT2D eigenvalue weighted by Crippen LogP contribution is -2.29. The molecule has 0 amide bonds. The fraction of sp³-hybridized carbons (Fsp3) is 0.348. The van der Waals surface area contributed by atoms with E-state index in [1.165, 1.54) is 38.5 Å². The Morgan fingerprint density at radius 1 is 0.973 bits per heavy atom. The van der Waals surface area contributed by atoms with Crippen molar-refractivity contribution in [3.63, 3.8) is 0 Å². The van der Waals surface area contributed by atoms with E-state index in [-0.39, 0.29) is 53.6 Å². The Hall–Kier alpha value is -3.33. The maximum atomic E-state index is 12.0. The van der Waals surface area contributed by atoms with Crippen molar-refractivity contribution in [3.05, 3.63) is 54.1 Å². The Morgan fingerprint density at radius 2 is 1.68 bits per heavy atom. The predicted molar refractivity (Wildman–Crippen MR) is 133 cm³/mol. The molecule has 0 saturated heterocycles. The Balaban J connectivity index is 2.49. The third-order valence-corrected chi connectivity index (χ3v) is 6.62. The summed E-state index contributed by atoms with van der Waals surface area (Å²) in [6.45, 7) is 3.33. The van der Waals surface area contributed by atoms with Crippen LogP contribution in [-0.4, -0.2) is 68.8 Å². The summed E-state index contributed by atoms with van der Waals surface area (Å²) in [5.74, 6) is -2.66. The molecule has 2 aromatic rings. The normalized spacial score (nSPS) is 12.4. The van der Waals surface area contributed by atoms with Crippen LogP contribution in [-0.2, 0) is 37.9 Å². The quantitative estimate of drug-likeness (QED) is 0.133. The second-order valence-corrected chi connectivity index (χ2v) is 10.8. The van der Waals surface area contributed by atoms with Crippen molar-refractivity contribution in [2.24, 2.45) is 0 Å². The molecule has 0 spiro atoms. The number of para-hydroxylation sites is 1. The van der Waals surface area contributed by atoms with Crippen molar-refractivity contribution in [1.82, 2.24) is 0 Å². The molecule has 0 aromatic heterocycles. The number of hydrogen-bond donors (Lipinski definition) is 3. The van der Waals surface area contributed by atoms with Gasteiger partial charge in [-0.05, 0) is 30.5 Å². The van der Waals surface area contributed by atoms with E-state index in [0.29, 0.717) is 5.56 Å². The fourth-order valence-corrected chi connectivity index (χ4v) is 4.62. The van der Waals surface area contributed by atoms with E-state index < -0.39 is 43.8 Å². The Morgan fingerprint density at radius 3 is 2.24 bits per heavy atom. The lowest BCUT2D eigenvalue weighted by atomic mass is 10.1. The summed E-state index contributed by atoms with van der Waals surface area (Å²) in [7, 11) is -6.17. The molecule has 37 heavy (non-hydrogen) atoms. The van der Waals surface area contributed by atoms with E-state index in [4.69, 9.17) is 23.5 Å². The zero-order valence-electron chi connectivity index (χ0n) is 20.1. The number of aromatic hydroxyl groups is 1. The number of aryl methyl sites for hydroxylation is 1. The molecular weight excluding hydrogens is 532 g/mol. The van der Waals surface area contributed by atoms with Gasteiger partial charge in [-0.15, -0.1) is 0 Å². The molecule has 12 nitrogen and oxygen atoms in total. The summed E-state index contributed by atoms with van der Waals surface area (Å²) in [4.78, 5) is 12.0.